The molecule has 0 amide bonds. The zero-order chi connectivity index (χ0) is 15.4. The molecule has 2 rings (SSSR count). The maximum atomic E-state index is 6.06. The summed E-state index contributed by atoms with van der Waals surface area (Å²) in [6.07, 6.45) is 0.962. The molecule has 0 aliphatic carbocycles. The van der Waals surface area contributed by atoms with E-state index in [1.165, 1.54) is 10.6 Å². The van der Waals surface area contributed by atoms with Gasteiger partial charge in [0.25, 0.3) is 0 Å². The largest absolute Gasteiger partial charge is 0.312 e. The second-order valence-corrected chi connectivity index (χ2v) is 7.74. The van der Waals surface area contributed by atoms with Crippen LogP contribution in [-0.4, -0.2) is 11.5 Å². The Bertz CT molecular complexity index is 610. The van der Waals surface area contributed by atoms with E-state index in [0.717, 1.165) is 39.6 Å². The molecular formula is C16H20BrClN2S. The summed E-state index contributed by atoms with van der Waals surface area (Å²) in [4.78, 5) is 6.11. The molecule has 1 aromatic carbocycles. The normalized spacial score (nSPS) is 11.3. The van der Waals surface area contributed by atoms with Gasteiger partial charge in [-0.1, -0.05) is 38.4 Å². The lowest BCUT2D eigenvalue weighted by Crippen LogP contribution is -2.18. The van der Waals surface area contributed by atoms with Crippen LogP contribution < -0.4 is 5.32 Å². The lowest BCUT2D eigenvalue weighted by Gasteiger charge is -2.06. The van der Waals surface area contributed by atoms with Crippen LogP contribution in [0.4, 0.5) is 0 Å². The van der Waals surface area contributed by atoms with Crippen molar-refractivity contribution in [3.63, 3.8) is 0 Å². The van der Waals surface area contributed by atoms with E-state index >= 15 is 0 Å². The predicted octanol–water partition coefficient (Wildman–Crippen LogP) is 5.53. The summed E-state index contributed by atoms with van der Waals surface area (Å²) < 4.78 is 0.911. The first-order chi connectivity index (χ1) is 10.0. The molecule has 0 fully saturated rings. The number of thiazole rings is 1. The van der Waals surface area contributed by atoms with E-state index in [0.29, 0.717) is 5.92 Å². The molecule has 1 heterocycles. The highest BCUT2D eigenvalue weighted by molar-refractivity contribution is 9.10. The SMILES string of the molecule is CCc1nc(-c2ccc(Cl)c(Br)c2)sc1CNCC(C)C. The first kappa shape index (κ1) is 16.9. The van der Waals surface area contributed by atoms with Gasteiger partial charge in [0.05, 0.1) is 10.7 Å². The Hall–Kier alpha value is -0.420. The van der Waals surface area contributed by atoms with E-state index in [9.17, 15) is 0 Å². The van der Waals surface area contributed by atoms with Crippen molar-refractivity contribution in [2.24, 2.45) is 5.92 Å². The molecular weight excluding hydrogens is 368 g/mol. The van der Waals surface area contributed by atoms with E-state index in [2.05, 4.69) is 42.0 Å². The fraction of sp³-hybridized carbons (Fsp3) is 0.438. The number of aryl methyl sites for hydroxylation is 1. The monoisotopic (exact) mass is 386 g/mol. The molecule has 114 valence electrons. The molecule has 0 spiro atoms. The van der Waals surface area contributed by atoms with E-state index in [4.69, 9.17) is 16.6 Å². The standard InChI is InChI=1S/C16H20BrClN2S/c1-4-14-15(9-19-8-10(2)3)21-16(20-14)11-5-6-13(18)12(17)7-11/h5-7,10,19H,4,8-9H2,1-3H3. The van der Waals surface area contributed by atoms with Gasteiger partial charge >= 0.3 is 0 Å². The Kier molecular flexibility index (Phi) is 6.23. The van der Waals surface area contributed by atoms with Crippen LogP contribution in [0.1, 0.15) is 31.3 Å². The quantitative estimate of drug-likeness (QED) is 0.704. The van der Waals surface area contributed by atoms with Gasteiger partial charge in [-0.2, -0.15) is 0 Å². The average Bonchev–Trinajstić information content (AvgIpc) is 2.85. The minimum atomic E-state index is 0.662. The summed E-state index contributed by atoms with van der Waals surface area (Å²) in [7, 11) is 0. The molecule has 1 N–H and O–H groups in total. The highest BCUT2D eigenvalue weighted by atomic mass is 79.9. The Balaban J connectivity index is 2.21. The van der Waals surface area contributed by atoms with Crippen LogP contribution in [0.2, 0.25) is 5.02 Å². The summed E-state index contributed by atoms with van der Waals surface area (Å²) in [5.41, 5.74) is 2.30. The van der Waals surface area contributed by atoms with Crippen molar-refractivity contribution < 1.29 is 0 Å². The number of halogens is 2. The van der Waals surface area contributed by atoms with Crippen molar-refractivity contribution >= 4 is 38.9 Å². The number of aromatic nitrogens is 1. The molecule has 2 aromatic rings. The first-order valence-corrected chi connectivity index (χ1v) is 9.14. The van der Waals surface area contributed by atoms with Crippen LogP contribution in [0.3, 0.4) is 0 Å². The lowest BCUT2D eigenvalue weighted by molar-refractivity contribution is 0.553. The number of hydrogen-bond donors (Lipinski definition) is 1. The zero-order valence-corrected chi connectivity index (χ0v) is 15.7. The van der Waals surface area contributed by atoms with Gasteiger partial charge in [-0.05, 0) is 46.9 Å². The zero-order valence-electron chi connectivity index (χ0n) is 12.5. The van der Waals surface area contributed by atoms with Crippen LogP contribution in [0, 0.1) is 5.92 Å². The highest BCUT2D eigenvalue weighted by Gasteiger charge is 2.12. The van der Waals surface area contributed by atoms with E-state index in [1.54, 1.807) is 11.3 Å². The van der Waals surface area contributed by atoms with Crippen LogP contribution in [0.15, 0.2) is 22.7 Å². The number of nitrogens with zero attached hydrogens (tertiary/aromatic N) is 1. The third kappa shape index (κ3) is 4.52. The molecule has 21 heavy (non-hydrogen) atoms. The van der Waals surface area contributed by atoms with Crippen molar-refractivity contribution in [2.75, 3.05) is 6.54 Å². The maximum absolute atomic E-state index is 6.06. The van der Waals surface area contributed by atoms with Gasteiger partial charge in [0.1, 0.15) is 5.01 Å². The van der Waals surface area contributed by atoms with Gasteiger partial charge in [0.2, 0.25) is 0 Å². The fourth-order valence-corrected chi connectivity index (χ4v) is 3.64. The third-order valence-corrected chi connectivity index (χ3v) is 5.48. The predicted molar refractivity (Wildman–Crippen MR) is 96.2 cm³/mol. The fourth-order valence-electron chi connectivity index (χ4n) is 2.02. The van der Waals surface area contributed by atoms with Crippen LogP contribution in [-0.2, 0) is 13.0 Å². The highest BCUT2D eigenvalue weighted by Crippen LogP contribution is 2.32. The van der Waals surface area contributed by atoms with Gasteiger partial charge in [-0.15, -0.1) is 11.3 Å². The number of hydrogen-bond acceptors (Lipinski definition) is 3. The van der Waals surface area contributed by atoms with Gasteiger partial charge in [-0.3, -0.25) is 0 Å². The number of benzene rings is 1. The van der Waals surface area contributed by atoms with Crippen LogP contribution >= 0.6 is 38.9 Å². The van der Waals surface area contributed by atoms with E-state index in [-0.39, 0.29) is 0 Å². The van der Waals surface area contributed by atoms with E-state index < -0.39 is 0 Å². The van der Waals surface area contributed by atoms with E-state index in [1.807, 2.05) is 18.2 Å². The Morgan fingerprint density at radius 3 is 2.76 bits per heavy atom. The Labute approximate surface area is 144 Å². The third-order valence-electron chi connectivity index (χ3n) is 3.12. The number of rotatable bonds is 6. The molecule has 0 bridgehead atoms. The first-order valence-electron chi connectivity index (χ1n) is 7.16. The summed E-state index contributed by atoms with van der Waals surface area (Å²) in [5.74, 6) is 0.662. The molecule has 0 radical (unpaired) electrons. The second kappa shape index (κ2) is 7.73. The van der Waals surface area contributed by atoms with Crippen molar-refractivity contribution in [3.8, 4) is 10.6 Å². The molecule has 0 aliphatic rings. The van der Waals surface area contributed by atoms with Gasteiger partial charge in [-0.25, -0.2) is 4.98 Å². The van der Waals surface area contributed by atoms with Gasteiger partial charge in [0, 0.05) is 21.5 Å². The molecule has 0 unspecified atom stereocenters. The molecule has 2 nitrogen and oxygen atoms in total. The van der Waals surface area contributed by atoms with Crippen molar-refractivity contribution in [2.45, 2.75) is 33.7 Å². The van der Waals surface area contributed by atoms with Gasteiger partial charge in [0.15, 0.2) is 0 Å². The molecule has 0 atom stereocenters. The number of nitrogens with one attached hydrogen (secondary N) is 1. The summed E-state index contributed by atoms with van der Waals surface area (Å²) in [5, 5.41) is 5.29. The van der Waals surface area contributed by atoms with Crippen molar-refractivity contribution in [1.82, 2.24) is 10.3 Å². The molecule has 0 saturated heterocycles. The van der Waals surface area contributed by atoms with Crippen LogP contribution in [0.5, 0.6) is 0 Å². The minimum Gasteiger partial charge on any atom is -0.312 e. The Morgan fingerprint density at radius 1 is 1.38 bits per heavy atom. The van der Waals surface area contributed by atoms with Crippen molar-refractivity contribution in [3.05, 3.63) is 38.3 Å². The summed E-state index contributed by atoms with van der Waals surface area (Å²) >= 11 is 11.3. The minimum absolute atomic E-state index is 0.662. The summed E-state index contributed by atoms with van der Waals surface area (Å²) in [6.45, 7) is 8.52. The van der Waals surface area contributed by atoms with Crippen molar-refractivity contribution in [1.29, 1.82) is 0 Å². The lowest BCUT2D eigenvalue weighted by atomic mass is 10.2. The Morgan fingerprint density at radius 2 is 2.14 bits per heavy atom. The summed E-state index contributed by atoms with van der Waals surface area (Å²) in [6, 6.07) is 5.97. The second-order valence-electron chi connectivity index (χ2n) is 5.40. The topological polar surface area (TPSA) is 24.9 Å². The average molecular weight is 388 g/mol. The molecule has 5 heteroatoms. The maximum Gasteiger partial charge on any atom is 0.123 e. The smallest absolute Gasteiger partial charge is 0.123 e. The molecule has 0 saturated carbocycles. The van der Waals surface area contributed by atoms with Crippen LogP contribution in [0.25, 0.3) is 10.6 Å². The molecule has 0 aliphatic heterocycles. The molecule has 1 aromatic heterocycles. The van der Waals surface area contributed by atoms with Gasteiger partial charge < -0.3 is 5.32 Å².